The van der Waals surface area contributed by atoms with Gasteiger partial charge in [0.2, 0.25) is 0 Å². The van der Waals surface area contributed by atoms with Crippen LogP contribution in [-0.4, -0.2) is 48.0 Å². The molecule has 0 bridgehead atoms. The van der Waals surface area contributed by atoms with Gasteiger partial charge in [0.05, 0.1) is 24.3 Å². The Labute approximate surface area is 179 Å². The van der Waals surface area contributed by atoms with Crippen LogP contribution in [0.25, 0.3) is 10.4 Å². The molecule has 1 aromatic carbocycles. The molecule has 2 aromatic heterocycles. The van der Waals surface area contributed by atoms with Gasteiger partial charge in [-0.05, 0) is 37.1 Å². The molecule has 4 rings (SSSR count). The Hall–Kier alpha value is -3.03. The number of benzene rings is 1. The molecule has 6 nitrogen and oxygen atoms in total. The average molecular weight is 422 g/mol. The number of hydrogen-bond acceptors (Lipinski definition) is 5. The van der Waals surface area contributed by atoms with Gasteiger partial charge >= 0.3 is 0 Å². The molecule has 3 heterocycles. The fraction of sp³-hybridized carbons (Fsp3) is 0.261. The van der Waals surface area contributed by atoms with Gasteiger partial charge in [0.25, 0.3) is 11.8 Å². The molecule has 154 valence electrons. The number of morpholine rings is 1. The van der Waals surface area contributed by atoms with Gasteiger partial charge in [-0.2, -0.15) is 0 Å². The fourth-order valence-corrected chi connectivity index (χ4v) is 4.63. The van der Waals surface area contributed by atoms with E-state index in [4.69, 9.17) is 4.74 Å². The maximum absolute atomic E-state index is 13.4. The Morgan fingerprint density at radius 1 is 1.07 bits per heavy atom. The lowest BCUT2D eigenvalue weighted by molar-refractivity contribution is 0.0303. The summed E-state index contributed by atoms with van der Waals surface area (Å²) in [4.78, 5) is 33.2. The summed E-state index contributed by atoms with van der Waals surface area (Å²) in [5, 5.41) is 3.52. The minimum atomic E-state index is -0.278. The molecule has 0 atom stereocenters. The molecule has 0 spiro atoms. The van der Waals surface area contributed by atoms with Gasteiger partial charge in [0, 0.05) is 29.9 Å². The van der Waals surface area contributed by atoms with Crippen molar-refractivity contribution in [3.05, 3.63) is 71.0 Å². The second-order valence-corrected chi connectivity index (χ2v) is 8.19. The topological polar surface area (TPSA) is 71.5 Å². The van der Waals surface area contributed by atoms with E-state index in [1.165, 1.54) is 11.3 Å². The van der Waals surface area contributed by atoms with Crippen molar-refractivity contribution in [3.8, 4) is 10.4 Å². The molecule has 1 saturated heterocycles. The van der Waals surface area contributed by atoms with Crippen LogP contribution in [0, 0.1) is 13.8 Å². The molecule has 0 saturated carbocycles. The van der Waals surface area contributed by atoms with Crippen LogP contribution in [0.5, 0.6) is 0 Å². The van der Waals surface area contributed by atoms with Gasteiger partial charge in [-0.3, -0.25) is 14.6 Å². The van der Waals surface area contributed by atoms with Gasteiger partial charge < -0.3 is 15.0 Å². The van der Waals surface area contributed by atoms with E-state index in [9.17, 15) is 9.59 Å². The standard InChI is InChI=1S/C23H23N3O3S/c1-15-8-9-18(14-24-15)21(27)25-22-19(23(28)26-10-12-29-13-11-26)16(2)20(30-22)17-6-4-3-5-7-17/h3-9,14H,10-13H2,1-2H3,(H,25,27). The maximum Gasteiger partial charge on any atom is 0.257 e. The van der Waals surface area contributed by atoms with Crippen LogP contribution in [0.15, 0.2) is 48.7 Å². The summed E-state index contributed by atoms with van der Waals surface area (Å²) in [6.45, 7) is 5.95. The zero-order chi connectivity index (χ0) is 21.1. The van der Waals surface area contributed by atoms with Crippen LogP contribution >= 0.6 is 11.3 Å². The quantitative estimate of drug-likeness (QED) is 0.687. The number of thiophene rings is 1. The SMILES string of the molecule is Cc1ccc(C(=O)Nc2sc(-c3ccccc3)c(C)c2C(=O)N2CCOCC2)cn1. The van der Waals surface area contributed by atoms with E-state index in [1.54, 1.807) is 23.2 Å². The van der Waals surface area contributed by atoms with Crippen molar-refractivity contribution in [1.29, 1.82) is 0 Å². The first-order valence-corrected chi connectivity index (χ1v) is 10.7. The molecule has 0 unspecified atom stereocenters. The molecule has 30 heavy (non-hydrogen) atoms. The zero-order valence-electron chi connectivity index (χ0n) is 17.0. The van der Waals surface area contributed by atoms with Gasteiger partial charge in [0.15, 0.2) is 0 Å². The van der Waals surface area contributed by atoms with Crippen LogP contribution in [0.2, 0.25) is 0 Å². The van der Waals surface area contributed by atoms with Crippen LogP contribution in [0.1, 0.15) is 32.0 Å². The molecular weight excluding hydrogens is 398 g/mol. The third-order valence-corrected chi connectivity index (χ3v) is 6.35. The first-order chi connectivity index (χ1) is 14.5. The number of rotatable bonds is 4. The Morgan fingerprint density at radius 3 is 2.47 bits per heavy atom. The van der Waals surface area contributed by atoms with Crippen molar-refractivity contribution in [1.82, 2.24) is 9.88 Å². The summed E-state index contributed by atoms with van der Waals surface area (Å²) in [6.07, 6.45) is 1.55. The van der Waals surface area contributed by atoms with Gasteiger partial charge in [-0.15, -0.1) is 11.3 Å². The highest BCUT2D eigenvalue weighted by Crippen LogP contribution is 2.40. The van der Waals surface area contributed by atoms with Crippen LogP contribution in [-0.2, 0) is 4.74 Å². The van der Waals surface area contributed by atoms with Crippen molar-refractivity contribution in [2.45, 2.75) is 13.8 Å². The minimum Gasteiger partial charge on any atom is -0.378 e. The molecule has 2 amide bonds. The Kier molecular flexibility index (Phi) is 5.92. The highest BCUT2D eigenvalue weighted by atomic mass is 32.1. The third-order valence-electron chi connectivity index (χ3n) is 5.10. The number of aryl methyl sites for hydroxylation is 1. The number of amides is 2. The number of nitrogens with zero attached hydrogens (tertiary/aromatic N) is 2. The summed E-state index contributed by atoms with van der Waals surface area (Å²) in [5.41, 5.74) is 3.74. The summed E-state index contributed by atoms with van der Waals surface area (Å²) < 4.78 is 5.38. The summed E-state index contributed by atoms with van der Waals surface area (Å²) >= 11 is 1.43. The lowest BCUT2D eigenvalue weighted by Crippen LogP contribution is -2.41. The maximum atomic E-state index is 13.4. The van der Waals surface area contributed by atoms with Crippen molar-refractivity contribution in [3.63, 3.8) is 0 Å². The predicted molar refractivity (Wildman–Crippen MR) is 118 cm³/mol. The number of nitrogens with one attached hydrogen (secondary N) is 1. The Morgan fingerprint density at radius 2 is 1.80 bits per heavy atom. The average Bonchev–Trinajstić information content (AvgIpc) is 3.10. The molecule has 0 radical (unpaired) electrons. The van der Waals surface area contributed by atoms with E-state index in [-0.39, 0.29) is 11.8 Å². The summed E-state index contributed by atoms with van der Waals surface area (Å²) in [6, 6.07) is 13.4. The smallest absolute Gasteiger partial charge is 0.257 e. The number of anilines is 1. The number of aromatic nitrogens is 1. The van der Waals surface area contributed by atoms with Gasteiger partial charge in [-0.1, -0.05) is 30.3 Å². The molecule has 1 aliphatic rings. The van der Waals surface area contributed by atoms with E-state index in [2.05, 4.69) is 10.3 Å². The summed E-state index contributed by atoms with van der Waals surface area (Å²) in [7, 11) is 0. The lowest BCUT2D eigenvalue weighted by atomic mass is 10.1. The van der Waals surface area contributed by atoms with Crippen LogP contribution in [0.4, 0.5) is 5.00 Å². The number of pyridine rings is 1. The van der Waals surface area contributed by atoms with Crippen molar-refractivity contribution < 1.29 is 14.3 Å². The number of ether oxygens (including phenoxy) is 1. The molecular formula is C23H23N3O3S. The van der Waals surface area contributed by atoms with Crippen molar-refractivity contribution >= 4 is 28.2 Å². The first kappa shape index (κ1) is 20.3. The van der Waals surface area contributed by atoms with E-state index < -0.39 is 0 Å². The molecule has 1 fully saturated rings. The first-order valence-electron chi connectivity index (χ1n) is 9.84. The lowest BCUT2D eigenvalue weighted by Gasteiger charge is -2.27. The predicted octanol–water partition coefficient (Wildman–Crippen LogP) is 4.15. The van der Waals surface area contributed by atoms with Crippen LogP contribution in [0.3, 0.4) is 0 Å². The second kappa shape index (κ2) is 8.77. The zero-order valence-corrected chi connectivity index (χ0v) is 17.8. The molecule has 7 heteroatoms. The highest BCUT2D eigenvalue weighted by Gasteiger charge is 2.28. The Balaban J connectivity index is 1.72. The number of carbonyl (C=O) groups is 2. The Bertz CT molecular complexity index is 1060. The number of hydrogen-bond donors (Lipinski definition) is 1. The second-order valence-electron chi connectivity index (χ2n) is 7.17. The summed E-state index contributed by atoms with van der Waals surface area (Å²) in [5.74, 6) is -0.356. The number of carbonyl (C=O) groups excluding carboxylic acids is 2. The fourth-order valence-electron chi connectivity index (χ4n) is 3.43. The van der Waals surface area contributed by atoms with Crippen molar-refractivity contribution in [2.24, 2.45) is 0 Å². The van der Waals surface area contributed by atoms with Gasteiger partial charge in [-0.25, -0.2) is 0 Å². The van der Waals surface area contributed by atoms with E-state index >= 15 is 0 Å². The molecule has 3 aromatic rings. The van der Waals surface area contributed by atoms with E-state index in [0.29, 0.717) is 42.4 Å². The van der Waals surface area contributed by atoms with E-state index in [1.807, 2.05) is 44.2 Å². The van der Waals surface area contributed by atoms with Crippen molar-refractivity contribution in [2.75, 3.05) is 31.6 Å². The molecule has 0 aliphatic carbocycles. The third kappa shape index (κ3) is 4.13. The van der Waals surface area contributed by atoms with E-state index in [0.717, 1.165) is 21.7 Å². The highest BCUT2D eigenvalue weighted by molar-refractivity contribution is 7.20. The monoisotopic (exact) mass is 421 g/mol. The minimum absolute atomic E-state index is 0.0773. The largest absolute Gasteiger partial charge is 0.378 e. The van der Waals surface area contributed by atoms with Crippen LogP contribution < -0.4 is 5.32 Å². The van der Waals surface area contributed by atoms with Gasteiger partial charge in [0.1, 0.15) is 5.00 Å². The molecule has 1 N–H and O–H groups in total. The normalized spacial score (nSPS) is 13.9. The molecule has 1 aliphatic heterocycles.